The van der Waals surface area contributed by atoms with Crippen LogP contribution in [0.1, 0.15) is 18.4 Å². The molecule has 3 atom stereocenters. The van der Waals surface area contributed by atoms with Gasteiger partial charge in [0.05, 0.1) is 16.8 Å². The van der Waals surface area contributed by atoms with Crippen LogP contribution in [0.15, 0.2) is 64.0 Å². The van der Waals surface area contributed by atoms with Crippen LogP contribution < -0.4 is 5.73 Å². The van der Waals surface area contributed by atoms with Crippen LogP contribution in [0.4, 0.5) is 0 Å². The van der Waals surface area contributed by atoms with E-state index in [-0.39, 0.29) is 12.5 Å². The quantitative estimate of drug-likeness (QED) is 0.740. The van der Waals surface area contributed by atoms with E-state index in [4.69, 9.17) is 10.5 Å². The average Bonchev–Trinajstić information content (AvgIpc) is 3.31. The van der Waals surface area contributed by atoms with Gasteiger partial charge in [-0.05, 0) is 36.8 Å². The predicted octanol–water partition coefficient (Wildman–Crippen LogP) is 3.37. The van der Waals surface area contributed by atoms with Gasteiger partial charge in [-0.2, -0.15) is 0 Å². The number of benzene rings is 2. The van der Waals surface area contributed by atoms with E-state index in [1.54, 1.807) is 24.3 Å². The van der Waals surface area contributed by atoms with Gasteiger partial charge in [-0.3, -0.25) is 0 Å². The molecule has 134 valence electrons. The molecule has 3 rings (SSSR count). The fourth-order valence-electron chi connectivity index (χ4n) is 3.64. The van der Waals surface area contributed by atoms with Crippen molar-refractivity contribution in [3.05, 3.63) is 64.6 Å². The number of hydrogen-bond acceptors (Lipinski definition) is 4. The summed E-state index contributed by atoms with van der Waals surface area (Å²) >= 11 is 3.43. The molecule has 1 saturated carbocycles. The van der Waals surface area contributed by atoms with Crippen molar-refractivity contribution < 1.29 is 13.2 Å². The fourth-order valence-corrected chi connectivity index (χ4v) is 6.37. The minimum Gasteiger partial charge on any atom is -0.381 e. The van der Waals surface area contributed by atoms with Crippen molar-refractivity contribution >= 4 is 25.8 Å². The lowest BCUT2D eigenvalue weighted by molar-refractivity contribution is 0.101. The highest BCUT2D eigenvalue weighted by Gasteiger charge is 2.70. The molecule has 0 aliphatic heterocycles. The van der Waals surface area contributed by atoms with Crippen LogP contribution in [-0.2, 0) is 14.6 Å². The zero-order chi connectivity index (χ0) is 18.1. The highest BCUT2D eigenvalue weighted by Crippen LogP contribution is 2.63. The van der Waals surface area contributed by atoms with E-state index in [9.17, 15) is 8.42 Å². The predicted molar refractivity (Wildman–Crippen MR) is 102 cm³/mol. The molecule has 25 heavy (non-hydrogen) atoms. The summed E-state index contributed by atoms with van der Waals surface area (Å²) in [6.45, 7) is 3.05. The maximum Gasteiger partial charge on any atom is 0.182 e. The molecule has 0 saturated heterocycles. The lowest BCUT2D eigenvalue weighted by Crippen LogP contribution is -2.29. The standard InChI is InChI=1S/C19H22BrNO3S/c1-2-24-13-19(12-21)17(14-8-10-15(20)11-9-14)18(19)25(22,23)16-6-4-3-5-7-16/h3-11,17-18H,2,12-13,21H2,1H3/t17-,18+,19+/m1/s1. The van der Waals surface area contributed by atoms with Gasteiger partial charge in [0.2, 0.25) is 0 Å². The molecule has 4 nitrogen and oxygen atoms in total. The number of sulfone groups is 1. The molecule has 0 heterocycles. The maximum atomic E-state index is 13.3. The molecule has 1 fully saturated rings. The smallest absolute Gasteiger partial charge is 0.182 e. The third-order valence-electron chi connectivity index (χ3n) is 4.97. The van der Waals surface area contributed by atoms with Gasteiger partial charge >= 0.3 is 0 Å². The van der Waals surface area contributed by atoms with E-state index in [2.05, 4.69) is 15.9 Å². The summed E-state index contributed by atoms with van der Waals surface area (Å²) in [6.07, 6.45) is 0. The van der Waals surface area contributed by atoms with Crippen molar-refractivity contribution in [1.82, 2.24) is 0 Å². The van der Waals surface area contributed by atoms with Gasteiger partial charge in [0.1, 0.15) is 0 Å². The first-order valence-electron chi connectivity index (χ1n) is 8.29. The first kappa shape index (κ1) is 18.6. The molecule has 2 aromatic carbocycles. The number of halogens is 1. The van der Waals surface area contributed by atoms with Gasteiger partial charge < -0.3 is 10.5 Å². The van der Waals surface area contributed by atoms with Gasteiger partial charge in [-0.25, -0.2) is 8.42 Å². The van der Waals surface area contributed by atoms with Gasteiger partial charge in [0.15, 0.2) is 9.84 Å². The molecule has 0 unspecified atom stereocenters. The molecule has 0 radical (unpaired) electrons. The second-order valence-electron chi connectivity index (χ2n) is 6.38. The lowest BCUT2D eigenvalue weighted by Gasteiger charge is -2.16. The largest absolute Gasteiger partial charge is 0.381 e. The molecular formula is C19H22BrNO3S. The second kappa shape index (κ2) is 7.19. The lowest BCUT2D eigenvalue weighted by atomic mass is 10.00. The van der Waals surface area contributed by atoms with Crippen LogP contribution in [0.5, 0.6) is 0 Å². The Kier molecular flexibility index (Phi) is 5.34. The number of hydrogen-bond donors (Lipinski definition) is 1. The first-order valence-corrected chi connectivity index (χ1v) is 10.6. The first-order chi connectivity index (χ1) is 12.0. The Balaban J connectivity index is 2.04. The molecule has 1 aliphatic carbocycles. The van der Waals surface area contributed by atoms with Gasteiger partial charge in [0, 0.05) is 29.0 Å². The summed E-state index contributed by atoms with van der Waals surface area (Å²) in [6, 6.07) is 16.4. The summed E-state index contributed by atoms with van der Waals surface area (Å²) < 4.78 is 33.1. The molecular weight excluding hydrogens is 402 g/mol. The van der Waals surface area contributed by atoms with Crippen molar-refractivity contribution in [2.24, 2.45) is 11.1 Å². The summed E-state index contributed by atoms with van der Waals surface area (Å²) in [5.41, 5.74) is 6.48. The molecule has 2 N–H and O–H groups in total. The molecule has 0 aromatic heterocycles. The Morgan fingerprint density at radius 3 is 2.32 bits per heavy atom. The zero-order valence-electron chi connectivity index (χ0n) is 14.1. The third-order valence-corrected chi connectivity index (χ3v) is 7.84. The topological polar surface area (TPSA) is 69.4 Å². The average molecular weight is 424 g/mol. The highest BCUT2D eigenvalue weighted by molar-refractivity contribution is 9.10. The Bertz CT molecular complexity index is 824. The van der Waals surface area contributed by atoms with Crippen LogP contribution >= 0.6 is 15.9 Å². The van der Waals surface area contributed by atoms with Crippen molar-refractivity contribution in [2.75, 3.05) is 19.8 Å². The van der Waals surface area contributed by atoms with E-state index in [0.717, 1.165) is 10.0 Å². The van der Waals surface area contributed by atoms with E-state index < -0.39 is 20.5 Å². The van der Waals surface area contributed by atoms with Crippen LogP contribution in [0.3, 0.4) is 0 Å². The Morgan fingerprint density at radius 1 is 1.12 bits per heavy atom. The number of ether oxygens (including phenoxy) is 1. The van der Waals surface area contributed by atoms with Crippen molar-refractivity contribution in [3.63, 3.8) is 0 Å². The van der Waals surface area contributed by atoms with Gasteiger partial charge in [0.25, 0.3) is 0 Å². The summed E-state index contributed by atoms with van der Waals surface area (Å²) in [5.74, 6) is -0.164. The summed E-state index contributed by atoms with van der Waals surface area (Å²) in [7, 11) is -3.50. The summed E-state index contributed by atoms with van der Waals surface area (Å²) in [4.78, 5) is 0.342. The fraction of sp³-hybridized carbons (Fsp3) is 0.368. The van der Waals surface area contributed by atoms with Crippen molar-refractivity contribution in [3.8, 4) is 0 Å². The molecule has 6 heteroatoms. The molecule has 1 aliphatic rings. The molecule has 2 aromatic rings. The summed E-state index contributed by atoms with van der Waals surface area (Å²) in [5, 5.41) is -0.569. The van der Waals surface area contributed by atoms with Crippen LogP contribution in [0.2, 0.25) is 0 Å². The maximum absolute atomic E-state index is 13.3. The van der Waals surface area contributed by atoms with E-state index in [1.165, 1.54) is 0 Å². The minimum absolute atomic E-state index is 0.164. The SMILES string of the molecule is CCOC[C@@]1(CN)[C@H](c2ccc(Br)cc2)[C@@H]1S(=O)(=O)c1ccccc1. The molecule has 0 amide bonds. The van der Waals surface area contributed by atoms with E-state index in [0.29, 0.717) is 18.1 Å². The number of rotatable bonds is 7. The zero-order valence-corrected chi connectivity index (χ0v) is 16.5. The van der Waals surface area contributed by atoms with Crippen molar-refractivity contribution in [1.29, 1.82) is 0 Å². The van der Waals surface area contributed by atoms with Gasteiger partial charge in [-0.15, -0.1) is 0 Å². The van der Waals surface area contributed by atoms with Crippen LogP contribution in [0, 0.1) is 5.41 Å². The highest BCUT2D eigenvalue weighted by atomic mass is 79.9. The Hall–Kier alpha value is -1.21. The van der Waals surface area contributed by atoms with Crippen molar-refractivity contribution in [2.45, 2.75) is 23.0 Å². The van der Waals surface area contributed by atoms with E-state index in [1.807, 2.05) is 37.3 Å². The molecule has 0 spiro atoms. The van der Waals surface area contributed by atoms with Gasteiger partial charge in [-0.1, -0.05) is 46.3 Å². The van der Waals surface area contributed by atoms with E-state index >= 15 is 0 Å². The molecule has 0 bridgehead atoms. The third kappa shape index (κ3) is 3.28. The normalized spacial score (nSPS) is 25.7. The number of nitrogens with two attached hydrogens (primary N) is 1. The second-order valence-corrected chi connectivity index (χ2v) is 9.37. The van der Waals surface area contributed by atoms with Crippen LogP contribution in [0.25, 0.3) is 0 Å². The Labute approximate surface area is 157 Å². The van der Waals surface area contributed by atoms with Crippen LogP contribution in [-0.4, -0.2) is 33.4 Å². The minimum atomic E-state index is -3.50. The Morgan fingerprint density at radius 2 is 1.76 bits per heavy atom. The monoisotopic (exact) mass is 423 g/mol.